The molecule has 2 heterocycles. The van der Waals surface area contributed by atoms with Crippen LogP contribution in [0.15, 0.2) is 54.7 Å². The van der Waals surface area contributed by atoms with Gasteiger partial charge in [-0.3, -0.25) is 14.9 Å². The summed E-state index contributed by atoms with van der Waals surface area (Å²) in [6.45, 7) is 1.02. The number of rotatable bonds is 5. The van der Waals surface area contributed by atoms with Gasteiger partial charge in [0.2, 0.25) is 5.78 Å². The zero-order chi connectivity index (χ0) is 19.0. The first-order valence-electron chi connectivity index (χ1n) is 8.68. The average molecular weight is 446 g/mol. The van der Waals surface area contributed by atoms with Crippen LogP contribution in [-0.2, 0) is 19.5 Å². The molecule has 0 unspecified atom stereocenters. The van der Waals surface area contributed by atoms with E-state index in [4.69, 9.17) is 0 Å². The maximum atomic E-state index is 13.2. The molecule has 2 aromatic carbocycles. The maximum absolute atomic E-state index is 13.2. The zero-order valence-corrected chi connectivity index (χ0v) is 16.4. The molecule has 0 fully saturated rings. The van der Waals surface area contributed by atoms with E-state index in [9.17, 15) is 19.3 Å². The molecule has 1 aromatic heterocycles. The minimum absolute atomic E-state index is 0. The number of benzene rings is 2. The smallest absolute Gasteiger partial charge is 0.269 e. The molecule has 0 saturated heterocycles. The number of nitrogens with zero attached hydrogens (tertiary/aromatic N) is 3. The van der Waals surface area contributed by atoms with Crippen molar-refractivity contribution in [2.24, 2.45) is 0 Å². The lowest BCUT2D eigenvalue weighted by atomic mass is 10.1. The van der Waals surface area contributed by atoms with Gasteiger partial charge >= 0.3 is 0 Å². The third-order valence-electron chi connectivity index (χ3n) is 4.85. The number of hydrogen-bond acceptors (Lipinski definition) is 3. The number of nitro groups is 1. The SMILES string of the molecule is O=C(C[n+]1cc(-c2ccc(F)cc2)n2c1CCC2)c1ccc([N+](=O)[O-])cc1.[Br-]. The molecule has 0 amide bonds. The number of fused-ring (bicyclic) bond motifs is 1. The number of imidazole rings is 1. The highest BCUT2D eigenvalue weighted by Crippen LogP contribution is 2.25. The number of ketones is 1. The third kappa shape index (κ3) is 3.73. The lowest BCUT2D eigenvalue weighted by Gasteiger charge is -2.00. The standard InChI is InChI=1S/C20H17FN3O3.BrH/c21-16-7-3-14(4-8-16)18-12-22(20-2-1-11-23(18)20)13-19(25)15-5-9-17(10-6-15)24(26)27;/h3-10,12H,1-2,11,13H2;1H/q+1;/p-1. The third-order valence-corrected chi connectivity index (χ3v) is 4.85. The Balaban J connectivity index is 0.00000225. The predicted octanol–water partition coefficient (Wildman–Crippen LogP) is 0.323. The summed E-state index contributed by atoms with van der Waals surface area (Å²) in [6.07, 6.45) is 3.79. The van der Waals surface area contributed by atoms with E-state index in [1.54, 1.807) is 12.1 Å². The van der Waals surface area contributed by atoms with Crippen molar-refractivity contribution in [3.63, 3.8) is 0 Å². The Morgan fingerprint density at radius 3 is 2.46 bits per heavy atom. The molecule has 144 valence electrons. The fourth-order valence-corrected chi connectivity index (χ4v) is 3.51. The van der Waals surface area contributed by atoms with E-state index in [1.807, 2.05) is 10.8 Å². The Kier molecular flexibility index (Phi) is 5.69. The summed E-state index contributed by atoms with van der Waals surface area (Å²) < 4.78 is 17.3. The van der Waals surface area contributed by atoms with Gasteiger partial charge in [-0.05, 0) is 42.8 Å². The summed E-state index contributed by atoms with van der Waals surface area (Å²) in [4.78, 5) is 22.9. The molecule has 0 bridgehead atoms. The monoisotopic (exact) mass is 445 g/mol. The van der Waals surface area contributed by atoms with Crippen LogP contribution in [0.2, 0.25) is 0 Å². The van der Waals surface area contributed by atoms with Crippen LogP contribution in [0.4, 0.5) is 10.1 Å². The molecule has 0 aliphatic carbocycles. The Morgan fingerprint density at radius 1 is 1.14 bits per heavy atom. The van der Waals surface area contributed by atoms with Crippen molar-refractivity contribution >= 4 is 11.5 Å². The molecule has 0 atom stereocenters. The number of non-ortho nitro benzene ring substituents is 1. The Labute approximate surface area is 171 Å². The topological polar surface area (TPSA) is 69.0 Å². The van der Waals surface area contributed by atoms with Gasteiger partial charge < -0.3 is 17.0 Å². The van der Waals surface area contributed by atoms with Crippen molar-refractivity contribution in [1.82, 2.24) is 4.57 Å². The fraction of sp³-hybridized carbons (Fsp3) is 0.200. The average Bonchev–Trinajstić information content (AvgIpc) is 3.26. The first-order valence-corrected chi connectivity index (χ1v) is 8.68. The van der Waals surface area contributed by atoms with Crippen LogP contribution < -0.4 is 21.5 Å². The molecule has 28 heavy (non-hydrogen) atoms. The van der Waals surface area contributed by atoms with E-state index >= 15 is 0 Å². The first-order chi connectivity index (χ1) is 13.0. The largest absolute Gasteiger partial charge is 1.00 e. The van der Waals surface area contributed by atoms with Gasteiger partial charge in [0.25, 0.3) is 11.5 Å². The first kappa shape index (κ1) is 19.9. The fourth-order valence-electron chi connectivity index (χ4n) is 3.51. The van der Waals surface area contributed by atoms with Crippen molar-refractivity contribution in [2.45, 2.75) is 25.9 Å². The number of Topliss-reactive ketones (excluding diaryl/α,β-unsaturated/α-hetero) is 1. The van der Waals surface area contributed by atoms with Crippen molar-refractivity contribution in [2.75, 3.05) is 0 Å². The molecular weight excluding hydrogens is 429 g/mol. The summed E-state index contributed by atoms with van der Waals surface area (Å²) in [6, 6.07) is 12.0. The summed E-state index contributed by atoms with van der Waals surface area (Å²) in [5, 5.41) is 10.7. The van der Waals surface area contributed by atoms with E-state index in [-0.39, 0.29) is 40.8 Å². The van der Waals surface area contributed by atoms with Crippen LogP contribution >= 0.6 is 0 Å². The molecule has 8 heteroatoms. The molecular formula is C20H17BrFN3O3. The van der Waals surface area contributed by atoms with Gasteiger partial charge in [-0.2, -0.15) is 0 Å². The quantitative estimate of drug-likeness (QED) is 0.246. The van der Waals surface area contributed by atoms with Gasteiger partial charge in [0, 0.05) is 23.3 Å². The second-order valence-corrected chi connectivity index (χ2v) is 6.55. The maximum Gasteiger partial charge on any atom is 0.269 e. The molecule has 4 rings (SSSR count). The highest BCUT2D eigenvalue weighted by Gasteiger charge is 2.29. The van der Waals surface area contributed by atoms with Crippen LogP contribution in [-0.4, -0.2) is 15.3 Å². The van der Waals surface area contributed by atoms with Crippen LogP contribution in [0.3, 0.4) is 0 Å². The summed E-state index contributed by atoms with van der Waals surface area (Å²) in [5.41, 5.74) is 2.26. The van der Waals surface area contributed by atoms with Gasteiger partial charge in [0.1, 0.15) is 12.0 Å². The van der Waals surface area contributed by atoms with Crippen LogP contribution in [0.1, 0.15) is 22.6 Å². The Hall–Kier alpha value is -2.87. The molecule has 6 nitrogen and oxygen atoms in total. The zero-order valence-electron chi connectivity index (χ0n) is 14.8. The lowest BCUT2D eigenvalue weighted by molar-refractivity contribution is -0.689. The highest BCUT2D eigenvalue weighted by molar-refractivity contribution is 5.95. The van der Waals surface area contributed by atoms with E-state index in [0.717, 1.165) is 36.5 Å². The Bertz CT molecular complexity index is 1030. The van der Waals surface area contributed by atoms with Crippen LogP contribution in [0.5, 0.6) is 0 Å². The van der Waals surface area contributed by atoms with Crippen molar-refractivity contribution in [3.05, 3.63) is 82.0 Å². The number of hydrogen-bond donors (Lipinski definition) is 0. The van der Waals surface area contributed by atoms with E-state index in [2.05, 4.69) is 4.57 Å². The summed E-state index contributed by atoms with van der Waals surface area (Å²) in [5.74, 6) is 0.665. The molecule has 1 aliphatic rings. The number of carbonyl (C=O) groups is 1. The van der Waals surface area contributed by atoms with E-state index in [0.29, 0.717) is 5.56 Å². The van der Waals surface area contributed by atoms with E-state index < -0.39 is 4.92 Å². The van der Waals surface area contributed by atoms with Crippen molar-refractivity contribution in [1.29, 1.82) is 0 Å². The van der Waals surface area contributed by atoms with Gasteiger partial charge in [-0.1, -0.05) is 0 Å². The summed E-state index contributed by atoms with van der Waals surface area (Å²) in [7, 11) is 0. The molecule has 1 aliphatic heterocycles. The normalized spacial score (nSPS) is 12.3. The second-order valence-electron chi connectivity index (χ2n) is 6.55. The predicted molar refractivity (Wildman–Crippen MR) is 95.8 cm³/mol. The Morgan fingerprint density at radius 2 is 1.82 bits per heavy atom. The molecule has 0 N–H and O–H groups in total. The minimum Gasteiger partial charge on any atom is -1.00 e. The number of halogens is 2. The van der Waals surface area contributed by atoms with Gasteiger partial charge in [-0.25, -0.2) is 13.5 Å². The van der Waals surface area contributed by atoms with Crippen LogP contribution in [0.25, 0.3) is 11.3 Å². The molecule has 0 spiro atoms. The number of carbonyl (C=O) groups excluding carboxylic acids is 1. The number of aromatic nitrogens is 2. The van der Waals surface area contributed by atoms with Crippen LogP contribution in [0, 0.1) is 15.9 Å². The van der Waals surface area contributed by atoms with Crippen molar-refractivity contribution < 1.29 is 35.7 Å². The second kappa shape index (κ2) is 8.02. The van der Waals surface area contributed by atoms with Gasteiger partial charge in [0.05, 0.1) is 17.9 Å². The molecule has 0 radical (unpaired) electrons. The molecule has 0 saturated carbocycles. The van der Waals surface area contributed by atoms with E-state index in [1.165, 1.54) is 36.4 Å². The van der Waals surface area contributed by atoms with Gasteiger partial charge in [-0.15, -0.1) is 0 Å². The lowest BCUT2D eigenvalue weighted by Crippen LogP contribution is -3.00. The van der Waals surface area contributed by atoms with Gasteiger partial charge in [0.15, 0.2) is 12.2 Å². The molecule has 3 aromatic rings. The minimum atomic E-state index is -0.487. The highest BCUT2D eigenvalue weighted by atomic mass is 79.9. The number of nitro benzene ring substituents is 1. The van der Waals surface area contributed by atoms with Crippen molar-refractivity contribution in [3.8, 4) is 11.3 Å². The summed E-state index contributed by atoms with van der Waals surface area (Å²) >= 11 is 0.